The zero-order valence-corrected chi connectivity index (χ0v) is 8.86. The molecule has 0 bridgehead atoms. The summed E-state index contributed by atoms with van der Waals surface area (Å²) in [6, 6.07) is 3.76. The van der Waals surface area contributed by atoms with Gasteiger partial charge in [-0.1, -0.05) is 13.3 Å². The fourth-order valence-corrected chi connectivity index (χ4v) is 1.34. The van der Waals surface area contributed by atoms with Gasteiger partial charge in [0, 0.05) is 18.8 Å². The van der Waals surface area contributed by atoms with Crippen LogP contribution in [0.2, 0.25) is 0 Å². The molecular formula is C11H18N2O. The van der Waals surface area contributed by atoms with Gasteiger partial charge in [0.05, 0.1) is 11.8 Å². The number of nitrogens with two attached hydrogens (primary N) is 1. The van der Waals surface area contributed by atoms with E-state index in [-0.39, 0.29) is 6.10 Å². The summed E-state index contributed by atoms with van der Waals surface area (Å²) in [5.41, 5.74) is 6.36. The molecule has 78 valence electrons. The molecule has 0 spiro atoms. The number of pyridine rings is 1. The first-order valence-corrected chi connectivity index (χ1v) is 5.08. The molecule has 14 heavy (non-hydrogen) atoms. The quantitative estimate of drug-likeness (QED) is 0.781. The lowest BCUT2D eigenvalue weighted by atomic mass is 10.2. The molecule has 1 heterocycles. The maximum atomic E-state index is 5.70. The van der Waals surface area contributed by atoms with Gasteiger partial charge >= 0.3 is 0 Å². The van der Waals surface area contributed by atoms with Crippen LogP contribution in [0.15, 0.2) is 18.3 Å². The third-order valence-corrected chi connectivity index (χ3v) is 2.03. The van der Waals surface area contributed by atoms with E-state index in [4.69, 9.17) is 10.5 Å². The second-order valence-electron chi connectivity index (χ2n) is 3.40. The Hall–Kier alpha value is -1.09. The molecule has 0 amide bonds. The smallest absolute Gasteiger partial charge is 0.123 e. The van der Waals surface area contributed by atoms with Gasteiger partial charge in [-0.15, -0.1) is 0 Å². The third-order valence-electron chi connectivity index (χ3n) is 2.03. The first-order chi connectivity index (χ1) is 6.76. The molecule has 1 unspecified atom stereocenters. The summed E-state index contributed by atoms with van der Waals surface area (Å²) < 4.78 is 5.70. The van der Waals surface area contributed by atoms with Crippen molar-refractivity contribution in [1.29, 1.82) is 0 Å². The first-order valence-electron chi connectivity index (χ1n) is 5.08. The van der Waals surface area contributed by atoms with Crippen LogP contribution in [-0.4, -0.2) is 11.1 Å². The van der Waals surface area contributed by atoms with Crippen LogP contribution in [0.25, 0.3) is 0 Å². The summed E-state index contributed by atoms with van der Waals surface area (Å²) in [7, 11) is 0. The highest BCUT2D eigenvalue weighted by atomic mass is 16.5. The normalized spacial score (nSPS) is 12.5. The van der Waals surface area contributed by atoms with Gasteiger partial charge < -0.3 is 10.5 Å². The van der Waals surface area contributed by atoms with Gasteiger partial charge in [0.15, 0.2) is 0 Å². The Labute approximate surface area is 85.3 Å². The Balaban J connectivity index is 2.57. The lowest BCUT2D eigenvalue weighted by Crippen LogP contribution is -2.11. The van der Waals surface area contributed by atoms with Crippen LogP contribution in [0, 0.1) is 0 Å². The van der Waals surface area contributed by atoms with E-state index in [1.165, 1.54) is 0 Å². The molecule has 0 radical (unpaired) electrons. The monoisotopic (exact) mass is 194 g/mol. The number of ether oxygens (including phenoxy) is 1. The highest BCUT2D eigenvalue weighted by Crippen LogP contribution is 2.14. The average Bonchev–Trinajstić information content (AvgIpc) is 2.18. The van der Waals surface area contributed by atoms with Crippen LogP contribution in [0.1, 0.15) is 32.4 Å². The van der Waals surface area contributed by atoms with E-state index in [1.807, 2.05) is 12.1 Å². The van der Waals surface area contributed by atoms with E-state index >= 15 is 0 Å². The molecule has 3 heteroatoms. The number of rotatable bonds is 5. The molecule has 1 atom stereocenters. The maximum absolute atomic E-state index is 5.70. The van der Waals surface area contributed by atoms with Crippen molar-refractivity contribution in [3.63, 3.8) is 0 Å². The van der Waals surface area contributed by atoms with E-state index in [0.29, 0.717) is 6.54 Å². The van der Waals surface area contributed by atoms with Gasteiger partial charge in [0.2, 0.25) is 0 Å². The predicted molar refractivity (Wildman–Crippen MR) is 57.1 cm³/mol. The number of hydrogen-bond acceptors (Lipinski definition) is 3. The van der Waals surface area contributed by atoms with E-state index in [9.17, 15) is 0 Å². The molecule has 1 aromatic heterocycles. The minimum atomic E-state index is 0.257. The molecule has 0 fully saturated rings. The molecule has 0 aliphatic heterocycles. The maximum Gasteiger partial charge on any atom is 0.123 e. The molecule has 0 saturated carbocycles. The van der Waals surface area contributed by atoms with Crippen molar-refractivity contribution >= 4 is 0 Å². The molecule has 1 aromatic rings. The zero-order valence-electron chi connectivity index (χ0n) is 8.86. The van der Waals surface area contributed by atoms with E-state index in [0.717, 1.165) is 24.3 Å². The van der Waals surface area contributed by atoms with Crippen LogP contribution in [0.5, 0.6) is 5.75 Å². The minimum absolute atomic E-state index is 0.257. The fraction of sp³-hybridized carbons (Fsp3) is 0.545. The van der Waals surface area contributed by atoms with Gasteiger partial charge in [-0.25, -0.2) is 0 Å². The zero-order chi connectivity index (χ0) is 10.4. The van der Waals surface area contributed by atoms with Crippen molar-refractivity contribution in [1.82, 2.24) is 4.98 Å². The summed E-state index contributed by atoms with van der Waals surface area (Å²) in [6.45, 7) is 4.68. The SMILES string of the molecule is CCCC(C)Oc1ccnc(CN)c1. The van der Waals surface area contributed by atoms with Crippen molar-refractivity contribution in [2.75, 3.05) is 0 Å². The molecule has 0 aliphatic rings. The van der Waals surface area contributed by atoms with Crippen LogP contribution in [0.3, 0.4) is 0 Å². The summed E-state index contributed by atoms with van der Waals surface area (Å²) in [5.74, 6) is 0.862. The van der Waals surface area contributed by atoms with Gasteiger partial charge in [0.1, 0.15) is 5.75 Å². The van der Waals surface area contributed by atoms with E-state index in [2.05, 4.69) is 18.8 Å². The molecule has 1 rings (SSSR count). The molecule has 0 aromatic carbocycles. The van der Waals surface area contributed by atoms with E-state index < -0.39 is 0 Å². The lowest BCUT2D eigenvalue weighted by Gasteiger charge is -2.13. The molecule has 3 nitrogen and oxygen atoms in total. The summed E-state index contributed by atoms with van der Waals surface area (Å²) in [4.78, 5) is 4.11. The van der Waals surface area contributed by atoms with Gasteiger partial charge in [-0.05, 0) is 19.4 Å². The van der Waals surface area contributed by atoms with Crippen molar-refractivity contribution in [3.05, 3.63) is 24.0 Å². The second kappa shape index (κ2) is 5.60. The minimum Gasteiger partial charge on any atom is -0.491 e. The summed E-state index contributed by atoms with van der Waals surface area (Å²) in [6.07, 6.45) is 4.19. The van der Waals surface area contributed by atoms with Crippen molar-refractivity contribution in [2.45, 2.75) is 39.3 Å². The fourth-order valence-electron chi connectivity index (χ4n) is 1.34. The van der Waals surface area contributed by atoms with Gasteiger partial charge in [-0.2, -0.15) is 0 Å². The Morgan fingerprint density at radius 2 is 2.36 bits per heavy atom. The lowest BCUT2D eigenvalue weighted by molar-refractivity contribution is 0.209. The van der Waals surface area contributed by atoms with E-state index in [1.54, 1.807) is 6.20 Å². The molecule has 0 saturated heterocycles. The summed E-state index contributed by atoms with van der Waals surface area (Å²) in [5, 5.41) is 0. The van der Waals surface area contributed by atoms with Crippen LogP contribution < -0.4 is 10.5 Å². The van der Waals surface area contributed by atoms with Crippen LogP contribution in [-0.2, 0) is 6.54 Å². The van der Waals surface area contributed by atoms with Gasteiger partial charge in [0.25, 0.3) is 0 Å². The largest absolute Gasteiger partial charge is 0.491 e. The predicted octanol–water partition coefficient (Wildman–Crippen LogP) is 2.11. The van der Waals surface area contributed by atoms with Crippen molar-refractivity contribution in [2.24, 2.45) is 5.73 Å². The number of aromatic nitrogens is 1. The van der Waals surface area contributed by atoms with Crippen LogP contribution in [0.4, 0.5) is 0 Å². The molecular weight excluding hydrogens is 176 g/mol. The Bertz CT molecular complexity index is 276. The summed E-state index contributed by atoms with van der Waals surface area (Å²) >= 11 is 0. The van der Waals surface area contributed by atoms with Crippen LogP contribution >= 0.6 is 0 Å². The topological polar surface area (TPSA) is 48.1 Å². The highest BCUT2D eigenvalue weighted by Gasteiger charge is 2.02. The first kappa shape index (κ1) is 11.0. The highest BCUT2D eigenvalue weighted by molar-refractivity contribution is 5.22. The second-order valence-corrected chi connectivity index (χ2v) is 3.40. The molecule has 0 aliphatic carbocycles. The average molecular weight is 194 g/mol. The standard InChI is InChI=1S/C11H18N2O/c1-3-4-9(2)14-11-5-6-13-10(7-11)8-12/h5-7,9H,3-4,8,12H2,1-2H3. The Kier molecular flexibility index (Phi) is 4.40. The van der Waals surface area contributed by atoms with Crippen molar-refractivity contribution < 1.29 is 4.74 Å². The number of nitrogens with zero attached hydrogens (tertiary/aromatic N) is 1. The molecule has 2 N–H and O–H groups in total. The Morgan fingerprint density at radius 1 is 1.57 bits per heavy atom. The Morgan fingerprint density at radius 3 is 3.00 bits per heavy atom. The van der Waals surface area contributed by atoms with Gasteiger partial charge in [-0.3, -0.25) is 4.98 Å². The number of hydrogen-bond donors (Lipinski definition) is 1. The third kappa shape index (κ3) is 3.34. The van der Waals surface area contributed by atoms with Crippen molar-refractivity contribution in [3.8, 4) is 5.75 Å².